The molecule has 21 heavy (non-hydrogen) atoms. The minimum atomic E-state index is 1.02. The Kier molecular flexibility index (Phi) is 3.57. The Morgan fingerprint density at radius 1 is 0.619 bits per heavy atom. The molecule has 0 bridgehead atoms. The summed E-state index contributed by atoms with van der Waals surface area (Å²) in [4.78, 5) is 4.83. The molecular weight excluding hydrogens is 254 g/mol. The fraction of sp³-hybridized carbons (Fsp3) is 0.150. The van der Waals surface area contributed by atoms with E-state index in [1.54, 1.807) is 0 Å². The Labute approximate surface area is 126 Å². The first kappa shape index (κ1) is 13.6. The van der Waals surface area contributed by atoms with Gasteiger partial charge in [-0.25, -0.2) is 4.98 Å². The fourth-order valence-corrected chi connectivity index (χ4v) is 2.46. The number of hydrogen-bond donors (Lipinski definition) is 0. The molecule has 0 amide bonds. The maximum atomic E-state index is 4.83. The Morgan fingerprint density at radius 3 is 1.95 bits per heavy atom. The molecule has 104 valence electrons. The standard InChI is InChI=1S/C20H19N/c1-14-6-4-7-17(12-14)19-8-5-9-20(21-19)18-11-10-15(2)16(3)13-18/h4-13H,1-3H3. The lowest BCUT2D eigenvalue weighted by molar-refractivity contribution is 1.29. The van der Waals surface area contributed by atoms with E-state index >= 15 is 0 Å². The molecule has 0 radical (unpaired) electrons. The number of nitrogens with zero attached hydrogens (tertiary/aromatic N) is 1. The molecule has 2 aromatic carbocycles. The summed E-state index contributed by atoms with van der Waals surface area (Å²) in [7, 11) is 0. The van der Waals surface area contributed by atoms with Crippen LogP contribution in [0.3, 0.4) is 0 Å². The lowest BCUT2D eigenvalue weighted by atomic mass is 10.0. The van der Waals surface area contributed by atoms with Crippen LogP contribution in [0.25, 0.3) is 22.5 Å². The molecule has 0 aliphatic carbocycles. The molecule has 0 saturated carbocycles. The van der Waals surface area contributed by atoms with Gasteiger partial charge in [0.1, 0.15) is 0 Å². The van der Waals surface area contributed by atoms with Gasteiger partial charge in [-0.2, -0.15) is 0 Å². The summed E-state index contributed by atoms with van der Waals surface area (Å²) in [5, 5.41) is 0. The largest absolute Gasteiger partial charge is 0.248 e. The highest BCUT2D eigenvalue weighted by Gasteiger charge is 2.04. The maximum absolute atomic E-state index is 4.83. The summed E-state index contributed by atoms with van der Waals surface area (Å²) < 4.78 is 0. The predicted octanol–water partition coefficient (Wildman–Crippen LogP) is 5.34. The molecule has 1 aromatic heterocycles. The zero-order valence-corrected chi connectivity index (χ0v) is 12.7. The Bertz CT molecular complexity index is 787. The van der Waals surface area contributed by atoms with E-state index in [1.807, 2.05) is 0 Å². The van der Waals surface area contributed by atoms with Gasteiger partial charge in [0.25, 0.3) is 0 Å². The third-order valence-corrected chi connectivity index (χ3v) is 3.87. The highest BCUT2D eigenvalue weighted by molar-refractivity contribution is 5.67. The second-order valence-electron chi connectivity index (χ2n) is 5.58. The predicted molar refractivity (Wildman–Crippen MR) is 89.3 cm³/mol. The third-order valence-electron chi connectivity index (χ3n) is 3.87. The SMILES string of the molecule is Cc1cccc(-c2cccc(-c3ccc(C)c(C)c3)n2)c1. The first-order chi connectivity index (χ1) is 10.1. The monoisotopic (exact) mass is 273 g/mol. The quantitative estimate of drug-likeness (QED) is 0.614. The van der Waals surface area contributed by atoms with Crippen LogP contribution < -0.4 is 0 Å². The normalized spacial score (nSPS) is 10.6. The molecule has 0 unspecified atom stereocenters. The summed E-state index contributed by atoms with van der Waals surface area (Å²) in [6, 6.07) is 21.2. The van der Waals surface area contributed by atoms with Crippen LogP contribution >= 0.6 is 0 Å². The first-order valence-corrected chi connectivity index (χ1v) is 7.25. The molecular formula is C20H19N. The van der Waals surface area contributed by atoms with Gasteiger partial charge in [0, 0.05) is 11.1 Å². The van der Waals surface area contributed by atoms with Gasteiger partial charge in [-0.1, -0.05) is 42.0 Å². The summed E-state index contributed by atoms with van der Waals surface area (Å²) in [6.07, 6.45) is 0. The number of hydrogen-bond acceptors (Lipinski definition) is 1. The first-order valence-electron chi connectivity index (χ1n) is 7.25. The average Bonchev–Trinajstić information content (AvgIpc) is 2.50. The smallest absolute Gasteiger partial charge is 0.0709 e. The second kappa shape index (κ2) is 5.53. The average molecular weight is 273 g/mol. The molecule has 0 aliphatic heterocycles. The van der Waals surface area contributed by atoms with Gasteiger partial charge in [0.2, 0.25) is 0 Å². The van der Waals surface area contributed by atoms with Crippen LogP contribution in [0.2, 0.25) is 0 Å². The molecule has 1 heteroatoms. The van der Waals surface area contributed by atoms with Crippen molar-refractivity contribution in [2.45, 2.75) is 20.8 Å². The minimum absolute atomic E-state index is 1.02. The number of benzene rings is 2. The molecule has 0 N–H and O–H groups in total. The van der Waals surface area contributed by atoms with Crippen LogP contribution in [0.1, 0.15) is 16.7 Å². The zero-order valence-electron chi connectivity index (χ0n) is 12.7. The Morgan fingerprint density at radius 2 is 1.29 bits per heavy atom. The summed E-state index contributed by atoms with van der Waals surface area (Å²) in [5.74, 6) is 0. The van der Waals surface area contributed by atoms with Crippen molar-refractivity contribution in [3.05, 3.63) is 77.4 Å². The fourth-order valence-electron chi connectivity index (χ4n) is 2.46. The van der Waals surface area contributed by atoms with E-state index in [1.165, 1.54) is 27.8 Å². The van der Waals surface area contributed by atoms with E-state index in [0.29, 0.717) is 0 Å². The molecule has 3 rings (SSSR count). The molecule has 0 fully saturated rings. The van der Waals surface area contributed by atoms with Crippen molar-refractivity contribution in [2.24, 2.45) is 0 Å². The van der Waals surface area contributed by atoms with Crippen LogP contribution in [0, 0.1) is 20.8 Å². The van der Waals surface area contributed by atoms with Crippen LogP contribution in [-0.2, 0) is 0 Å². The van der Waals surface area contributed by atoms with E-state index < -0.39 is 0 Å². The lowest BCUT2D eigenvalue weighted by Crippen LogP contribution is -1.89. The van der Waals surface area contributed by atoms with Gasteiger partial charge in [0.05, 0.1) is 11.4 Å². The van der Waals surface area contributed by atoms with E-state index in [2.05, 4.69) is 81.4 Å². The summed E-state index contributed by atoms with van der Waals surface area (Å²) >= 11 is 0. The third kappa shape index (κ3) is 2.87. The van der Waals surface area contributed by atoms with Crippen molar-refractivity contribution >= 4 is 0 Å². The molecule has 0 saturated heterocycles. The van der Waals surface area contributed by atoms with Crippen molar-refractivity contribution in [3.8, 4) is 22.5 Å². The van der Waals surface area contributed by atoms with Gasteiger partial charge in [-0.15, -0.1) is 0 Å². The molecule has 3 aromatic rings. The van der Waals surface area contributed by atoms with Crippen molar-refractivity contribution in [3.63, 3.8) is 0 Å². The molecule has 0 atom stereocenters. The number of rotatable bonds is 2. The van der Waals surface area contributed by atoms with Gasteiger partial charge in [-0.05, 0) is 56.2 Å². The Balaban J connectivity index is 2.05. The van der Waals surface area contributed by atoms with Crippen LogP contribution in [0.15, 0.2) is 60.7 Å². The van der Waals surface area contributed by atoms with Crippen LogP contribution in [-0.4, -0.2) is 4.98 Å². The highest BCUT2D eigenvalue weighted by atomic mass is 14.7. The van der Waals surface area contributed by atoms with Crippen LogP contribution in [0.5, 0.6) is 0 Å². The maximum Gasteiger partial charge on any atom is 0.0709 e. The lowest BCUT2D eigenvalue weighted by Gasteiger charge is -2.08. The highest BCUT2D eigenvalue weighted by Crippen LogP contribution is 2.24. The second-order valence-corrected chi connectivity index (χ2v) is 5.58. The topological polar surface area (TPSA) is 12.9 Å². The van der Waals surface area contributed by atoms with Gasteiger partial charge >= 0.3 is 0 Å². The molecule has 1 nitrogen and oxygen atoms in total. The van der Waals surface area contributed by atoms with E-state index in [-0.39, 0.29) is 0 Å². The number of aromatic nitrogens is 1. The van der Waals surface area contributed by atoms with Gasteiger partial charge in [-0.3, -0.25) is 0 Å². The molecule has 0 aliphatic rings. The van der Waals surface area contributed by atoms with Gasteiger partial charge in [0.15, 0.2) is 0 Å². The molecule has 0 spiro atoms. The summed E-state index contributed by atoms with van der Waals surface area (Å²) in [5.41, 5.74) is 8.26. The van der Waals surface area contributed by atoms with E-state index in [9.17, 15) is 0 Å². The van der Waals surface area contributed by atoms with E-state index in [0.717, 1.165) is 11.4 Å². The minimum Gasteiger partial charge on any atom is -0.248 e. The number of aryl methyl sites for hydroxylation is 3. The molecule has 1 heterocycles. The zero-order chi connectivity index (χ0) is 14.8. The number of pyridine rings is 1. The summed E-state index contributed by atoms with van der Waals surface area (Å²) in [6.45, 7) is 6.38. The van der Waals surface area contributed by atoms with Crippen molar-refractivity contribution in [1.82, 2.24) is 4.98 Å². The van der Waals surface area contributed by atoms with Crippen molar-refractivity contribution in [2.75, 3.05) is 0 Å². The van der Waals surface area contributed by atoms with Crippen molar-refractivity contribution < 1.29 is 0 Å². The van der Waals surface area contributed by atoms with Gasteiger partial charge < -0.3 is 0 Å². The van der Waals surface area contributed by atoms with Crippen molar-refractivity contribution in [1.29, 1.82) is 0 Å². The Hall–Kier alpha value is -2.41. The van der Waals surface area contributed by atoms with Crippen LogP contribution in [0.4, 0.5) is 0 Å². The van der Waals surface area contributed by atoms with E-state index in [4.69, 9.17) is 4.98 Å².